The molecule has 0 saturated heterocycles. The van der Waals surface area contributed by atoms with Crippen LogP contribution in [-0.2, 0) is 15.7 Å². The molecule has 1 aromatic carbocycles. The molecule has 5 nitrogen and oxygen atoms in total. The van der Waals surface area contributed by atoms with Crippen LogP contribution in [-0.4, -0.2) is 18.3 Å². The summed E-state index contributed by atoms with van der Waals surface area (Å²) < 4.78 is 42.2. The molecule has 0 amide bonds. The first-order valence-corrected chi connectivity index (χ1v) is 5.95. The number of benzene rings is 1. The number of alkyl halides is 3. The highest BCUT2D eigenvalue weighted by Gasteiger charge is 2.31. The van der Waals surface area contributed by atoms with Gasteiger partial charge in [-0.3, -0.25) is 5.43 Å². The van der Waals surface area contributed by atoms with Gasteiger partial charge < -0.3 is 4.74 Å². The molecule has 9 heteroatoms. The lowest BCUT2D eigenvalue weighted by atomic mass is 10.2. The molecule has 0 spiro atoms. The van der Waals surface area contributed by atoms with Gasteiger partial charge in [-0.2, -0.15) is 23.5 Å². The Morgan fingerprint density at radius 1 is 1.52 bits per heavy atom. The zero-order chi connectivity index (χ0) is 16.0. The molecule has 0 radical (unpaired) electrons. The zero-order valence-corrected chi connectivity index (χ0v) is 11.4. The minimum Gasteiger partial charge on any atom is -0.461 e. The third-order valence-corrected chi connectivity index (χ3v) is 2.49. The SMILES string of the molecule is CCOC(=O)/C(C#N)=N\Nc1cc(C(F)(F)F)ccc1Cl. The first-order valence-electron chi connectivity index (χ1n) is 5.57. The maximum absolute atomic E-state index is 12.6. The molecular weight excluding hydrogens is 311 g/mol. The van der Waals surface area contributed by atoms with E-state index in [4.69, 9.17) is 16.9 Å². The van der Waals surface area contributed by atoms with E-state index in [2.05, 4.69) is 15.3 Å². The molecule has 21 heavy (non-hydrogen) atoms. The molecule has 1 N–H and O–H groups in total. The lowest BCUT2D eigenvalue weighted by Crippen LogP contribution is -2.17. The molecule has 0 saturated carbocycles. The highest BCUT2D eigenvalue weighted by Crippen LogP contribution is 2.33. The summed E-state index contributed by atoms with van der Waals surface area (Å²) in [5.41, 5.74) is 0.378. The fraction of sp³-hybridized carbons (Fsp3) is 0.250. The molecule has 0 aliphatic rings. The van der Waals surface area contributed by atoms with E-state index in [-0.39, 0.29) is 17.3 Å². The van der Waals surface area contributed by atoms with Crippen molar-refractivity contribution in [1.29, 1.82) is 5.26 Å². The van der Waals surface area contributed by atoms with Gasteiger partial charge >= 0.3 is 12.1 Å². The summed E-state index contributed by atoms with van der Waals surface area (Å²) >= 11 is 5.72. The molecular formula is C12H9ClF3N3O2. The minimum atomic E-state index is -4.55. The van der Waals surface area contributed by atoms with Crippen molar-refractivity contribution in [2.24, 2.45) is 5.10 Å². The summed E-state index contributed by atoms with van der Waals surface area (Å²) in [6.45, 7) is 1.56. The highest BCUT2D eigenvalue weighted by molar-refractivity contribution is 6.43. The number of halogens is 4. The number of hydrazone groups is 1. The van der Waals surface area contributed by atoms with E-state index in [0.29, 0.717) is 6.07 Å². The van der Waals surface area contributed by atoms with Gasteiger partial charge in [0, 0.05) is 0 Å². The molecule has 112 valence electrons. The molecule has 0 aliphatic carbocycles. The number of nitriles is 1. The second-order valence-electron chi connectivity index (χ2n) is 3.60. The number of anilines is 1. The van der Waals surface area contributed by atoms with Crippen LogP contribution in [0.25, 0.3) is 0 Å². The maximum Gasteiger partial charge on any atom is 0.416 e. The second kappa shape index (κ2) is 6.95. The van der Waals surface area contributed by atoms with Crippen molar-refractivity contribution < 1.29 is 22.7 Å². The van der Waals surface area contributed by atoms with Crippen LogP contribution in [0.15, 0.2) is 23.3 Å². The van der Waals surface area contributed by atoms with Gasteiger partial charge in [-0.25, -0.2) is 4.79 Å². The Balaban J connectivity index is 3.02. The Morgan fingerprint density at radius 3 is 2.71 bits per heavy atom. The Labute approximate surface area is 123 Å². The lowest BCUT2D eigenvalue weighted by molar-refractivity contribution is -0.137. The number of rotatable bonds is 4. The first kappa shape index (κ1) is 16.8. The second-order valence-corrected chi connectivity index (χ2v) is 4.00. The Kier molecular flexibility index (Phi) is 5.55. The molecule has 0 fully saturated rings. The summed E-state index contributed by atoms with van der Waals surface area (Å²) in [5, 5.41) is 12.1. The van der Waals surface area contributed by atoms with Crippen molar-refractivity contribution in [3.63, 3.8) is 0 Å². The summed E-state index contributed by atoms with van der Waals surface area (Å²) in [7, 11) is 0. The molecule has 0 unspecified atom stereocenters. The lowest BCUT2D eigenvalue weighted by Gasteiger charge is -2.10. The fourth-order valence-electron chi connectivity index (χ4n) is 1.22. The predicted octanol–water partition coefficient (Wildman–Crippen LogP) is 3.21. The molecule has 0 heterocycles. The average Bonchev–Trinajstić information content (AvgIpc) is 2.40. The monoisotopic (exact) mass is 319 g/mol. The number of nitrogens with zero attached hydrogens (tertiary/aromatic N) is 2. The van der Waals surface area contributed by atoms with Crippen LogP contribution >= 0.6 is 11.6 Å². The van der Waals surface area contributed by atoms with E-state index in [9.17, 15) is 18.0 Å². The summed E-state index contributed by atoms with van der Waals surface area (Å²) in [4.78, 5) is 11.3. The highest BCUT2D eigenvalue weighted by atomic mass is 35.5. The third-order valence-electron chi connectivity index (χ3n) is 2.16. The van der Waals surface area contributed by atoms with Crippen LogP contribution in [0.2, 0.25) is 5.02 Å². The molecule has 0 bridgehead atoms. The van der Waals surface area contributed by atoms with Crippen molar-refractivity contribution in [2.45, 2.75) is 13.1 Å². The Bertz CT molecular complexity index is 609. The smallest absolute Gasteiger partial charge is 0.416 e. The number of ether oxygens (including phenoxy) is 1. The van der Waals surface area contributed by atoms with Crippen molar-refractivity contribution in [2.75, 3.05) is 12.0 Å². The molecule has 0 aliphatic heterocycles. The number of carbonyl (C=O) groups is 1. The van der Waals surface area contributed by atoms with Gasteiger partial charge in [0.05, 0.1) is 22.9 Å². The van der Waals surface area contributed by atoms with E-state index >= 15 is 0 Å². The topological polar surface area (TPSA) is 74.5 Å². The van der Waals surface area contributed by atoms with Gasteiger partial charge in [0.15, 0.2) is 0 Å². The van der Waals surface area contributed by atoms with E-state index in [0.717, 1.165) is 12.1 Å². The number of esters is 1. The van der Waals surface area contributed by atoms with Crippen molar-refractivity contribution in [3.05, 3.63) is 28.8 Å². The van der Waals surface area contributed by atoms with E-state index < -0.39 is 23.4 Å². The van der Waals surface area contributed by atoms with Gasteiger partial charge in [0.2, 0.25) is 5.71 Å². The summed E-state index contributed by atoms with van der Waals surface area (Å²) in [5.74, 6) is -0.990. The molecule has 0 aromatic heterocycles. The van der Waals surface area contributed by atoms with Gasteiger partial charge in [-0.1, -0.05) is 11.6 Å². The molecule has 1 rings (SSSR count). The van der Waals surface area contributed by atoms with E-state index in [1.165, 1.54) is 13.0 Å². The van der Waals surface area contributed by atoms with Gasteiger partial charge in [-0.05, 0) is 25.1 Å². The quantitative estimate of drug-likeness (QED) is 0.525. The van der Waals surface area contributed by atoms with E-state index in [1.807, 2.05) is 0 Å². The van der Waals surface area contributed by atoms with Crippen LogP contribution in [0.1, 0.15) is 12.5 Å². The van der Waals surface area contributed by atoms with Crippen LogP contribution in [0, 0.1) is 11.3 Å². The third kappa shape index (κ3) is 4.65. The average molecular weight is 320 g/mol. The number of nitrogens with one attached hydrogen (secondary N) is 1. The number of hydrogen-bond acceptors (Lipinski definition) is 5. The largest absolute Gasteiger partial charge is 0.461 e. The Hall–Kier alpha value is -2.27. The molecule has 1 aromatic rings. The summed E-state index contributed by atoms with van der Waals surface area (Å²) in [6.07, 6.45) is -4.55. The van der Waals surface area contributed by atoms with Crippen molar-refractivity contribution >= 4 is 29.0 Å². The van der Waals surface area contributed by atoms with Crippen molar-refractivity contribution in [3.8, 4) is 6.07 Å². The normalized spacial score (nSPS) is 11.7. The summed E-state index contributed by atoms with van der Waals surface area (Å²) in [6, 6.07) is 4.01. The van der Waals surface area contributed by atoms with Crippen LogP contribution in [0.4, 0.5) is 18.9 Å². The maximum atomic E-state index is 12.6. The van der Waals surface area contributed by atoms with Crippen molar-refractivity contribution in [1.82, 2.24) is 0 Å². The van der Waals surface area contributed by atoms with Gasteiger partial charge in [-0.15, -0.1) is 0 Å². The van der Waals surface area contributed by atoms with Crippen LogP contribution in [0.5, 0.6) is 0 Å². The van der Waals surface area contributed by atoms with Gasteiger partial charge in [0.25, 0.3) is 0 Å². The first-order chi connectivity index (χ1) is 9.79. The van der Waals surface area contributed by atoms with Crippen LogP contribution in [0.3, 0.4) is 0 Å². The minimum absolute atomic E-state index is 0.0316. The van der Waals surface area contributed by atoms with Gasteiger partial charge in [0.1, 0.15) is 6.07 Å². The van der Waals surface area contributed by atoms with Crippen LogP contribution < -0.4 is 5.43 Å². The fourth-order valence-corrected chi connectivity index (χ4v) is 1.38. The number of carbonyl (C=O) groups excluding carboxylic acids is 1. The predicted molar refractivity (Wildman–Crippen MR) is 69.8 cm³/mol. The number of hydrogen-bond donors (Lipinski definition) is 1. The molecule has 0 atom stereocenters. The zero-order valence-electron chi connectivity index (χ0n) is 10.7. The standard InChI is InChI=1S/C12H9ClF3N3O2/c1-2-21-11(20)10(6-17)19-18-9-5-7(12(14,15)16)3-4-8(9)13/h3-5,18H,2H2,1H3/b19-10-. The van der Waals surface area contributed by atoms with E-state index in [1.54, 1.807) is 0 Å². The Morgan fingerprint density at radius 2 is 2.19 bits per heavy atom.